The number of nitrogens with zero attached hydrogens (tertiary/aromatic N) is 2. The molecule has 2 rings (SSSR count). The first-order valence-electron chi connectivity index (χ1n) is 5.25. The van der Waals surface area contributed by atoms with E-state index in [0.29, 0.717) is 5.76 Å². The van der Waals surface area contributed by atoms with Gasteiger partial charge in [-0.2, -0.15) is 0 Å². The zero-order chi connectivity index (χ0) is 15.7. The molecule has 2 heterocycles. The Bertz CT molecular complexity index is 644. The van der Waals surface area contributed by atoms with Crippen molar-refractivity contribution in [3.63, 3.8) is 0 Å². The van der Waals surface area contributed by atoms with Gasteiger partial charge < -0.3 is 9.73 Å². The number of hydrogen-bond acceptors (Lipinski definition) is 4. The Morgan fingerprint density at radius 1 is 1.10 bits per heavy atom. The highest BCUT2D eigenvalue weighted by atomic mass is 35.6. The number of furan rings is 1. The molecule has 0 bridgehead atoms. The first-order valence-corrected chi connectivity index (χ1v) is 7.52. The minimum atomic E-state index is -1.87. The molecule has 0 saturated heterocycles. The van der Waals surface area contributed by atoms with E-state index in [0.717, 1.165) is 0 Å². The number of rotatable bonds is 1. The van der Waals surface area contributed by atoms with Crippen LogP contribution in [0.1, 0.15) is 5.76 Å². The van der Waals surface area contributed by atoms with Gasteiger partial charge in [0, 0.05) is 6.08 Å². The highest BCUT2D eigenvalue weighted by molar-refractivity contribution is 6.79. The Kier molecular flexibility index (Phi) is 5.22. The van der Waals surface area contributed by atoms with Crippen molar-refractivity contribution in [3.05, 3.63) is 35.7 Å². The first kappa shape index (κ1) is 17.0. The van der Waals surface area contributed by atoms with Crippen LogP contribution in [-0.4, -0.2) is 19.3 Å². The summed E-state index contributed by atoms with van der Waals surface area (Å²) in [5, 5.41) is 2.68. The molecule has 1 aliphatic rings. The molecule has 0 atom stereocenters. The molecule has 0 spiro atoms. The predicted molar refractivity (Wildman–Crippen MR) is 88.8 cm³/mol. The molecule has 4 nitrogen and oxygen atoms in total. The van der Waals surface area contributed by atoms with Crippen molar-refractivity contribution in [1.82, 2.24) is 5.32 Å². The predicted octanol–water partition coefficient (Wildman–Crippen LogP) is 4.87. The second-order valence-electron chi connectivity index (χ2n) is 3.67. The van der Waals surface area contributed by atoms with Gasteiger partial charge in [-0.3, -0.25) is 0 Å². The third-order valence-electron chi connectivity index (χ3n) is 2.09. The lowest BCUT2D eigenvalue weighted by Crippen LogP contribution is -2.39. The number of halogens is 6. The average Bonchev–Trinajstić information content (AvgIpc) is 2.87. The maximum atomic E-state index is 5.78. The zero-order valence-electron chi connectivity index (χ0n) is 9.88. The summed E-state index contributed by atoms with van der Waals surface area (Å²) in [6.07, 6.45) is 3.03. The van der Waals surface area contributed by atoms with E-state index in [1.807, 2.05) is 0 Å². The summed E-state index contributed by atoms with van der Waals surface area (Å²) in [7, 11) is 0. The van der Waals surface area contributed by atoms with Crippen molar-refractivity contribution >= 4 is 87.4 Å². The summed E-state index contributed by atoms with van der Waals surface area (Å²) in [5.74, 6) is 0.499. The second-order valence-corrected chi connectivity index (χ2v) is 8.23. The van der Waals surface area contributed by atoms with Gasteiger partial charge in [0.2, 0.25) is 7.59 Å². The number of amidine groups is 2. The van der Waals surface area contributed by atoms with Crippen LogP contribution in [-0.2, 0) is 0 Å². The fourth-order valence-corrected chi connectivity index (χ4v) is 1.77. The van der Waals surface area contributed by atoms with Gasteiger partial charge >= 0.3 is 0 Å². The molecule has 0 radical (unpaired) electrons. The lowest BCUT2D eigenvalue weighted by molar-refractivity contribution is 0.557. The number of aliphatic imine (C=N–C) groups is 2. The SMILES string of the molecule is ClC(Cl)(Cl)C1=NC(=C=Cc2ccco2)NC(C(Cl)(Cl)Cl)=N1. The van der Waals surface area contributed by atoms with Gasteiger partial charge in [-0.25, -0.2) is 9.98 Å². The van der Waals surface area contributed by atoms with Gasteiger partial charge in [0.25, 0.3) is 0 Å². The Balaban J connectivity index is 2.43. The molecule has 0 unspecified atom stereocenters. The van der Waals surface area contributed by atoms with E-state index in [1.54, 1.807) is 12.1 Å². The van der Waals surface area contributed by atoms with Crippen LogP contribution in [0.4, 0.5) is 0 Å². The van der Waals surface area contributed by atoms with Crippen LogP contribution in [0.3, 0.4) is 0 Å². The Morgan fingerprint density at radius 3 is 2.33 bits per heavy atom. The van der Waals surface area contributed by atoms with E-state index in [2.05, 4.69) is 21.0 Å². The highest BCUT2D eigenvalue weighted by Crippen LogP contribution is 2.34. The summed E-state index contributed by atoms with van der Waals surface area (Å²) >= 11 is 34.6. The minimum Gasteiger partial charge on any atom is -0.464 e. The highest BCUT2D eigenvalue weighted by Gasteiger charge is 2.36. The number of hydrogen-bond donors (Lipinski definition) is 1. The molecule has 1 aromatic rings. The molecule has 112 valence electrons. The van der Waals surface area contributed by atoms with Crippen LogP contribution in [0, 0.1) is 0 Å². The van der Waals surface area contributed by atoms with Gasteiger partial charge in [-0.15, -0.1) is 0 Å². The molecule has 1 aliphatic heterocycles. The lowest BCUT2D eigenvalue weighted by Gasteiger charge is -2.22. The van der Waals surface area contributed by atoms with Crippen molar-refractivity contribution in [2.75, 3.05) is 0 Å². The second kappa shape index (κ2) is 6.43. The fraction of sp³-hybridized carbons (Fsp3) is 0.182. The Hall–Kier alpha value is -0.320. The van der Waals surface area contributed by atoms with Crippen LogP contribution < -0.4 is 5.32 Å². The van der Waals surface area contributed by atoms with E-state index in [-0.39, 0.29) is 17.5 Å². The summed E-state index contributed by atoms with van der Waals surface area (Å²) in [4.78, 5) is 7.88. The van der Waals surface area contributed by atoms with Crippen molar-refractivity contribution in [2.45, 2.75) is 7.59 Å². The van der Waals surface area contributed by atoms with Crippen LogP contribution in [0.2, 0.25) is 0 Å². The van der Waals surface area contributed by atoms with E-state index >= 15 is 0 Å². The van der Waals surface area contributed by atoms with E-state index in [9.17, 15) is 0 Å². The Labute approximate surface area is 150 Å². The van der Waals surface area contributed by atoms with E-state index < -0.39 is 7.59 Å². The van der Waals surface area contributed by atoms with E-state index in [1.165, 1.54) is 12.3 Å². The lowest BCUT2D eigenvalue weighted by atomic mass is 10.4. The van der Waals surface area contributed by atoms with Crippen molar-refractivity contribution in [2.24, 2.45) is 9.98 Å². The third-order valence-corrected chi connectivity index (χ3v) is 3.13. The summed E-state index contributed by atoms with van der Waals surface area (Å²) < 4.78 is 1.41. The molecular weight excluding hydrogens is 403 g/mol. The van der Waals surface area contributed by atoms with Crippen molar-refractivity contribution in [1.29, 1.82) is 0 Å². The van der Waals surface area contributed by atoms with E-state index in [4.69, 9.17) is 74.0 Å². The standard InChI is InChI=1S/C11H5Cl6N3O/c12-10(13,14)8-18-7(4-3-6-2-1-5-21-6)19-9(20-8)11(15,16)17/h1-3,5H,(H,18,19,20). The van der Waals surface area contributed by atoms with Crippen LogP contribution >= 0.6 is 69.6 Å². The van der Waals surface area contributed by atoms with Gasteiger partial charge in [0.15, 0.2) is 17.5 Å². The van der Waals surface area contributed by atoms with Crippen LogP contribution in [0.5, 0.6) is 0 Å². The summed E-state index contributed by atoms with van der Waals surface area (Å²) in [6.45, 7) is 0. The minimum absolute atomic E-state index is 0.0563. The third kappa shape index (κ3) is 4.83. The molecule has 0 saturated carbocycles. The van der Waals surface area contributed by atoms with Gasteiger partial charge in [-0.05, 0) is 12.1 Å². The molecule has 0 aliphatic carbocycles. The Morgan fingerprint density at radius 2 is 1.81 bits per heavy atom. The maximum absolute atomic E-state index is 5.78. The van der Waals surface area contributed by atoms with Crippen LogP contribution in [0.15, 0.2) is 44.4 Å². The monoisotopic (exact) mass is 405 g/mol. The number of alkyl halides is 6. The van der Waals surface area contributed by atoms with Gasteiger partial charge in [0.05, 0.1) is 6.26 Å². The molecule has 1 aromatic heterocycles. The molecule has 1 N–H and O–H groups in total. The maximum Gasteiger partial charge on any atom is 0.250 e. The molecule has 0 aromatic carbocycles. The number of nitrogens with one attached hydrogen (secondary N) is 1. The smallest absolute Gasteiger partial charge is 0.250 e. The van der Waals surface area contributed by atoms with Gasteiger partial charge in [-0.1, -0.05) is 75.3 Å². The first-order chi connectivity index (χ1) is 9.66. The quantitative estimate of drug-likeness (QED) is 0.533. The van der Waals surface area contributed by atoms with Crippen LogP contribution in [0.25, 0.3) is 6.08 Å². The fourth-order valence-electron chi connectivity index (χ4n) is 1.25. The summed E-state index contributed by atoms with van der Waals surface area (Å²) in [6, 6.07) is 3.44. The molecule has 0 amide bonds. The largest absolute Gasteiger partial charge is 0.464 e. The van der Waals surface area contributed by atoms with Gasteiger partial charge in [0.1, 0.15) is 5.76 Å². The van der Waals surface area contributed by atoms with Crippen molar-refractivity contribution < 1.29 is 4.42 Å². The molecule has 10 heteroatoms. The topological polar surface area (TPSA) is 49.9 Å². The van der Waals surface area contributed by atoms with Crippen molar-refractivity contribution in [3.8, 4) is 0 Å². The molecule has 21 heavy (non-hydrogen) atoms. The molecular formula is C11H5Cl6N3O. The summed E-state index contributed by atoms with van der Waals surface area (Å²) in [5.41, 5.74) is 2.79. The zero-order valence-corrected chi connectivity index (χ0v) is 14.4. The average molecular weight is 408 g/mol. The molecule has 0 fully saturated rings. The normalized spacial score (nSPS) is 15.8.